The Morgan fingerprint density at radius 2 is 1.73 bits per heavy atom. The minimum absolute atomic E-state index is 0.0787. The molecule has 0 radical (unpaired) electrons. The molecular formula is C27H36ClN3O5S. The zero-order valence-electron chi connectivity index (χ0n) is 21.7. The number of sulfonamides is 1. The number of nitrogens with zero attached hydrogens (tertiary/aromatic N) is 2. The second kappa shape index (κ2) is 13.1. The molecule has 1 N–H and O–H groups in total. The molecule has 0 bridgehead atoms. The second-order valence-electron chi connectivity index (χ2n) is 9.35. The summed E-state index contributed by atoms with van der Waals surface area (Å²) in [6, 6.07) is 12.9. The highest BCUT2D eigenvalue weighted by Crippen LogP contribution is 2.24. The molecule has 0 spiro atoms. The quantitative estimate of drug-likeness (QED) is 0.449. The average Bonchev–Trinajstić information content (AvgIpc) is 2.88. The second-order valence-corrected chi connectivity index (χ2v) is 11.7. The number of carbonyl (C=O) groups is 2. The Balaban J connectivity index is 1.91. The molecule has 1 aliphatic rings. The van der Waals surface area contributed by atoms with Crippen LogP contribution in [0.4, 0.5) is 5.69 Å². The van der Waals surface area contributed by atoms with Gasteiger partial charge in [0.15, 0.2) is 0 Å². The molecule has 2 aromatic carbocycles. The summed E-state index contributed by atoms with van der Waals surface area (Å²) in [7, 11) is -2.29. The fourth-order valence-corrected chi connectivity index (χ4v) is 5.68. The third kappa shape index (κ3) is 7.85. The SMILES string of the molecule is CC[C@@H](C(=O)NC1CCCCC1)N(Cc1ccccc1Cl)C(=O)CN(c1ccc(OC)cc1)S(C)(=O)=O. The third-order valence-corrected chi connectivity index (χ3v) is 8.18. The summed E-state index contributed by atoms with van der Waals surface area (Å²) in [4.78, 5) is 28.6. The average molecular weight is 550 g/mol. The van der Waals surface area contributed by atoms with Crippen molar-refractivity contribution in [1.29, 1.82) is 0 Å². The summed E-state index contributed by atoms with van der Waals surface area (Å²) in [5.41, 5.74) is 1.01. The maximum atomic E-state index is 13.8. The fraction of sp³-hybridized carbons (Fsp3) is 0.481. The van der Waals surface area contributed by atoms with Gasteiger partial charge in [0.1, 0.15) is 18.3 Å². The summed E-state index contributed by atoms with van der Waals surface area (Å²) in [6.45, 7) is 1.47. The van der Waals surface area contributed by atoms with E-state index in [-0.39, 0.29) is 18.5 Å². The van der Waals surface area contributed by atoms with Crippen molar-refractivity contribution in [2.24, 2.45) is 0 Å². The van der Waals surface area contributed by atoms with Crippen molar-refractivity contribution in [2.45, 2.75) is 64.1 Å². The van der Waals surface area contributed by atoms with E-state index in [1.54, 1.807) is 42.5 Å². The lowest BCUT2D eigenvalue weighted by Gasteiger charge is -2.34. The molecule has 1 atom stereocenters. The minimum atomic E-state index is -3.80. The predicted molar refractivity (Wildman–Crippen MR) is 146 cm³/mol. The van der Waals surface area contributed by atoms with Crippen molar-refractivity contribution in [3.8, 4) is 5.75 Å². The van der Waals surface area contributed by atoms with E-state index in [0.717, 1.165) is 42.7 Å². The zero-order chi connectivity index (χ0) is 27.0. The van der Waals surface area contributed by atoms with Crippen LogP contribution in [-0.2, 0) is 26.2 Å². The van der Waals surface area contributed by atoms with E-state index in [1.807, 2.05) is 13.0 Å². The first-order valence-corrected chi connectivity index (χ1v) is 14.8. The third-order valence-electron chi connectivity index (χ3n) is 6.68. The van der Waals surface area contributed by atoms with Gasteiger partial charge in [0, 0.05) is 17.6 Å². The molecule has 202 valence electrons. The van der Waals surface area contributed by atoms with Crippen molar-refractivity contribution in [3.63, 3.8) is 0 Å². The van der Waals surface area contributed by atoms with Gasteiger partial charge in [0.25, 0.3) is 0 Å². The van der Waals surface area contributed by atoms with Gasteiger partial charge in [0.05, 0.1) is 19.1 Å². The van der Waals surface area contributed by atoms with Crippen molar-refractivity contribution in [3.05, 3.63) is 59.1 Å². The first-order valence-electron chi connectivity index (χ1n) is 12.6. The molecule has 10 heteroatoms. The Labute approximate surface area is 225 Å². The van der Waals surface area contributed by atoms with Gasteiger partial charge < -0.3 is 15.0 Å². The Morgan fingerprint density at radius 3 is 2.30 bits per heavy atom. The number of anilines is 1. The Hall–Kier alpha value is -2.78. The monoisotopic (exact) mass is 549 g/mol. The minimum Gasteiger partial charge on any atom is -0.497 e. The molecule has 2 amide bonds. The topological polar surface area (TPSA) is 96.0 Å². The normalized spacial score (nSPS) is 15.0. The number of methoxy groups -OCH3 is 1. The van der Waals surface area contributed by atoms with E-state index in [1.165, 1.54) is 12.0 Å². The van der Waals surface area contributed by atoms with Crippen LogP contribution >= 0.6 is 11.6 Å². The number of ether oxygens (including phenoxy) is 1. The number of rotatable bonds is 11. The van der Waals surface area contributed by atoms with Crippen LogP contribution in [0, 0.1) is 0 Å². The van der Waals surface area contributed by atoms with Gasteiger partial charge in [-0.3, -0.25) is 13.9 Å². The maximum absolute atomic E-state index is 13.8. The summed E-state index contributed by atoms with van der Waals surface area (Å²) >= 11 is 6.40. The fourth-order valence-electron chi connectivity index (χ4n) is 4.64. The standard InChI is InChI=1S/C27H36ClN3O5S/c1-4-25(27(33)29-21-11-6-5-7-12-21)30(18-20-10-8-9-13-24(20)28)26(32)19-31(37(3,34)35)22-14-16-23(36-2)17-15-22/h8-10,13-17,21,25H,4-7,11-12,18-19H2,1-3H3,(H,29,33)/t25-/m0/s1. The number of benzene rings is 2. The lowest BCUT2D eigenvalue weighted by Crippen LogP contribution is -2.54. The van der Waals surface area contributed by atoms with E-state index in [4.69, 9.17) is 16.3 Å². The van der Waals surface area contributed by atoms with Gasteiger partial charge in [-0.05, 0) is 55.2 Å². The van der Waals surface area contributed by atoms with Gasteiger partial charge >= 0.3 is 0 Å². The van der Waals surface area contributed by atoms with Crippen molar-refractivity contribution < 1.29 is 22.7 Å². The summed E-state index contributed by atoms with van der Waals surface area (Å²) in [5.74, 6) is -0.161. The predicted octanol–water partition coefficient (Wildman–Crippen LogP) is 4.37. The molecule has 0 aromatic heterocycles. The molecule has 0 heterocycles. The molecule has 0 unspecified atom stereocenters. The van der Waals surface area contributed by atoms with Crippen LogP contribution in [0.3, 0.4) is 0 Å². The smallest absolute Gasteiger partial charge is 0.244 e. The molecule has 0 saturated heterocycles. The molecule has 1 saturated carbocycles. The van der Waals surface area contributed by atoms with Gasteiger partial charge in [0.2, 0.25) is 21.8 Å². The van der Waals surface area contributed by atoms with Gasteiger partial charge in [-0.2, -0.15) is 0 Å². The van der Waals surface area contributed by atoms with Gasteiger partial charge in [-0.25, -0.2) is 8.42 Å². The summed E-state index contributed by atoms with van der Waals surface area (Å²) in [5, 5.41) is 3.59. The molecule has 1 fully saturated rings. The molecule has 2 aromatic rings. The first-order chi connectivity index (χ1) is 17.6. The lowest BCUT2D eigenvalue weighted by molar-refractivity contribution is -0.140. The molecular weight excluding hydrogens is 514 g/mol. The van der Waals surface area contributed by atoms with Crippen LogP contribution in [0.5, 0.6) is 5.75 Å². The largest absolute Gasteiger partial charge is 0.497 e. The first kappa shape index (κ1) is 28.8. The van der Waals surface area contributed by atoms with E-state index in [2.05, 4.69) is 5.32 Å². The number of nitrogens with one attached hydrogen (secondary N) is 1. The highest BCUT2D eigenvalue weighted by molar-refractivity contribution is 7.92. The van der Waals surface area contributed by atoms with Crippen LogP contribution in [0.1, 0.15) is 51.0 Å². The van der Waals surface area contributed by atoms with Gasteiger partial charge in [-0.1, -0.05) is 56.0 Å². The Morgan fingerprint density at radius 1 is 1.08 bits per heavy atom. The van der Waals surface area contributed by atoms with Crippen molar-refractivity contribution in [1.82, 2.24) is 10.2 Å². The van der Waals surface area contributed by atoms with Crippen LogP contribution in [0.2, 0.25) is 5.02 Å². The van der Waals surface area contributed by atoms with Crippen LogP contribution < -0.4 is 14.4 Å². The summed E-state index contributed by atoms with van der Waals surface area (Å²) < 4.78 is 31.6. The number of amides is 2. The highest BCUT2D eigenvalue weighted by atomic mass is 35.5. The molecule has 8 nitrogen and oxygen atoms in total. The van der Waals surface area contributed by atoms with Crippen LogP contribution in [-0.4, -0.2) is 57.1 Å². The van der Waals surface area contributed by atoms with E-state index in [0.29, 0.717) is 28.4 Å². The maximum Gasteiger partial charge on any atom is 0.244 e. The zero-order valence-corrected chi connectivity index (χ0v) is 23.2. The summed E-state index contributed by atoms with van der Waals surface area (Å²) in [6.07, 6.45) is 6.55. The number of hydrogen-bond acceptors (Lipinski definition) is 5. The molecule has 37 heavy (non-hydrogen) atoms. The van der Waals surface area contributed by atoms with Crippen LogP contribution in [0.15, 0.2) is 48.5 Å². The Bertz CT molecular complexity index is 1170. The Kier molecular flexibility index (Phi) is 10.2. The number of carbonyl (C=O) groups excluding carboxylic acids is 2. The van der Waals surface area contributed by atoms with Crippen molar-refractivity contribution in [2.75, 3.05) is 24.2 Å². The molecule has 3 rings (SSSR count). The molecule has 0 aliphatic heterocycles. The number of hydrogen-bond donors (Lipinski definition) is 1. The van der Waals surface area contributed by atoms with E-state index < -0.39 is 28.5 Å². The van der Waals surface area contributed by atoms with E-state index in [9.17, 15) is 18.0 Å². The van der Waals surface area contributed by atoms with E-state index >= 15 is 0 Å². The van der Waals surface area contributed by atoms with Gasteiger partial charge in [-0.15, -0.1) is 0 Å². The lowest BCUT2D eigenvalue weighted by atomic mass is 9.95. The highest BCUT2D eigenvalue weighted by Gasteiger charge is 2.33. The molecule has 1 aliphatic carbocycles. The van der Waals surface area contributed by atoms with Crippen LogP contribution in [0.25, 0.3) is 0 Å². The van der Waals surface area contributed by atoms with Crippen molar-refractivity contribution >= 4 is 39.1 Å². The number of halogens is 1.